The van der Waals surface area contributed by atoms with Crippen LogP contribution in [0.4, 0.5) is 0 Å². The van der Waals surface area contributed by atoms with E-state index in [9.17, 15) is 4.79 Å². The van der Waals surface area contributed by atoms with Crippen molar-refractivity contribution >= 4 is 24.7 Å². The van der Waals surface area contributed by atoms with Gasteiger partial charge in [0.25, 0.3) is 0 Å². The second-order valence-corrected chi connectivity index (χ2v) is 7.00. The monoisotopic (exact) mass is 324 g/mol. The molecule has 0 aromatic heterocycles. The first-order valence-electron chi connectivity index (χ1n) is 7.34. The predicted octanol–water partition coefficient (Wildman–Crippen LogP) is 3.62. The van der Waals surface area contributed by atoms with Crippen LogP contribution in [0.25, 0.3) is 0 Å². The Bertz CT molecular complexity index is 526. The van der Waals surface area contributed by atoms with Gasteiger partial charge in [-0.25, -0.2) is 0 Å². The van der Waals surface area contributed by atoms with E-state index in [1.807, 2.05) is 39.8 Å². The van der Waals surface area contributed by atoms with Crippen LogP contribution in [0.15, 0.2) is 24.3 Å². The zero-order chi connectivity index (χ0) is 16.5. The minimum absolute atomic E-state index is 0.189. The molecule has 0 aliphatic carbocycles. The van der Waals surface area contributed by atoms with Crippen molar-refractivity contribution in [3.8, 4) is 0 Å². The molecule has 0 radical (unpaired) electrons. The Hall–Kier alpha value is -1.04. The lowest BCUT2D eigenvalue weighted by Crippen LogP contribution is -2.41. The fourth-order valence-electron chi connectivity index (χ4n) is 2.40. The van der Waals surface area contributed by atoms with Gasteiger partial charge in [0.1, 0.15) is 0 Å². The van der Waals surface area contributed by atoms with Gasteiger partial charge in [0.05, 0.1) is 24.7 Å². The van der Waals surface area contributed by atoms with Crippen LogP contribution in [0.3, 0.4) is 0 Å². The first-order valence-corrected chi connectivity index (χ1v) is 7.72. The normalized spacial score (nSPS) is 20.7. The standard InChI is InChI=1S/C16H22BClO4/c1-15(2)16(3,4)22-17(21-15)13(10-14(19)20-5)11-6-8-12(18)9-7-11/h6-9,13H,10H2,1-5H3. The van der Waals surface area contributed by atoms with Crippen LogP contribution in [0, 0.1) is 0 Å². The maximum atomic E-state index is 11.8. The summed E-state index contributed by atoms with van der Waals surface area (Å²) in [6.45, 7) is 7.96. The van der Waals surface area contributed by atoms with Crippen molar-refractivity contribution in [3.05, 3.63) is 34.9 Å². The third-order valence-corrected chi connectivity index (χ3v) is 4.76. The zero-order valence-electron chi connectivity index (χ0n) is 13.7. The van der Waals surface area contributed by atoms with Gasteiger partial charge in [0, 0.05) is 10.8 Å². The molecular formula is C16H22BClO4. The summed E-state index contributed by atoms with van der Waals surface area (Å²) >= 11 is 5.95. The molecule has 1 saturated heterocycles. The summed E-state index contributed by atoms with van der Waals surface area (Å²) in [6, 6.07) is 7.38. The fraction of sp³-hybridized carbons (Fsp3) is 0.562. The molecule has 22 heavy (non-hydrogen) atoms. The van der Waals surface area contributed by atoms with E-state index < -0.39 is 18.3 Å². The molecule has 0 N–H and O–H groups in total. The van der Waals surface area contributed by atoms with Crippen LogP contribution >= 0.6 is 11.6 Å². The van der Waals surface area contributed by atoms with Crippen molar-refractivity contribution in [1.29, 1.82) is 0 Å². The van der Waals surface area contributed by atoms with E-state index in [1.54, 1.807) is 12.1 Å². The molecule has 0 bridgehead atoms. The molecule has 1 unspecified atom stereocenters. The van der Waals surface area contributed by atoms with Gasteiger partial charge in [0.2, 0.25) is 0 Å². The average molecular weight is 325 g/mol. The van der Waals surface area contributed by atoms with Crippen LogP contribution in [-0.2, 0) is 18.8 Å². The highest BCUT2D eigenvalue weighted by atomic mass is 35.5. The van der Waals surface area contributed by atoms with Gasteiger partial charge in [-0.2, -0.15) is 0 Å². The molecule has 0 spiro atoms. The molecule has 0 saturated carbocycles. The molecule has 4 nitrogen and oxygen atoms in total. The lowest BCUT2D eigenvalue weighted by molar-refractivity contribution is -0.140. The van der Waals surface area contributed by atoms with E-state index in [0.717, 1.165) is 5.56 Å². The van der Waals surface area contributed by atoms with Crippen LogP contribution in [0.5, 0.6) is 0 Å². The number of rotatable bonds is 4. The highest BCUT2D eigenvalue weighted by Crippen LogP contribution is 2.41. The predicted molar refractivity (Wildman–Crippen MR) is 86.9 cm³/mol. The summed E-state index contributed by atoms with van der Waals surface area (Å²) in [4.78, 5) is 11.8. The Labute approximate surface area is 137 Å². The number of methoxy groups -OCH3 is 1. The summed E-state index contributed by atoms with van der Waals surface area (Å²) in [5, 5.41) is 0.648. The molecule has 1 aromatic carbocycles. The van der Waals surface area contributed by atoms with E-state index >= 15 is 0 Å². The number of benzene rings is 1. The first kappa shape index (κ1) is 17.3. The molecule has 1 atom stereocenters. The number of ether oxygens (including phenoxy) is 1. The van der Waals surface area contributed by atoms with E-state index in [-0.39, 0.29) is 18.2 Å². The second-order valence-electron chi connectivity index (χ2n) is 6.56. The van der Waals surface area contributed by atoms with E-state index in [1.165, 1.54) is 7.11 Å². The molecule has 0 amide bonds. The average Bonchev–Trinajstić information content (AvgIpc) is 2.65. The number of hydrogen-bond donors (Lipinski definition) is 0. The van der Waals surface area contributed by atoms with Crippen LogP contribution in [0.2, 0.25) is 5.02 Å². The fourth-order valence-corrected chi connectivity index (χ4v) is 2.52. The number of carbonyl (C=O) groups excluding carboxylic acids is 1. The van der Waals surface area contributed by atoms with Gasteiger partial charge in [-0.1, -0.05) is 23.7 Å². The van der Waals surface area contributed by atoms with Gasteiger partial charge in [-0.05, 0) is 45.4 Å². The maximum absolute atomic E-state index is 11.8. The third-order valence-electron chi connectivity index (χ3n) is 4.51. The summed E-state index contributed by atoms with van der Waals surface area (Å²) in [6.07, 6.45) is 0.189. The summed E-state index contributed by atoms with van der Waals surface area (Å²) in [5.74, 6) is -0.541. The lowest BCUT2D eigenvalue weighted by atomic mass is 9.66. The van der Waals surface area contributed by atoms with Crippen molar-refractivity contribution in [3.63, 3.8) is 0 Å². The Morgan fingerprint density at radius 2 is 1.68 bits per heavy atom. The molecule has 120 valence electrons. The first-order chi connectivity index (χ1) is 10.2. The molecule has 1 aromatic rings. The Morgan fingerprint density at radius 3 is 2.14 bits per heavy atom. The minimum atomic E-state index is -0.509. The SMILES string of the molecule is COC(=O)CC(B1OC(C)(C)C(C)(C)O1)c1ccc(Cl)cc1. The van der Waals surface area contributed by atoms with Crippen LogP contribution in [0.1, 0.15) is 45.5 Å². The molecule has 1 heterocycles. The zero-order valence-corrected chi connectivity index (χ0v) is 14.4. The topological polar surface area (TPSA) is 44.8 Å². The van der Waals surface area contributed by atoms with E-state index in [0.29, 0.717) is 5.02 Å². The van der Waals surface area contributed by atoms with E-state index in [2.05, 4.69) is 0 Å². The van der Waals surface area contributed by atoms with Gasteiger partial charge in [-0.3, -0.25) is 4.79 Å². The van der Waals surface area contributed by atoms with E-state index in [4.69, 9.17) is 25.6 Å². The number of halogens is 1. The van der Waals surface area contributed by atoms with Gasteiger partial charge < -0.3 is 14.0 Å². The van der Waals surface area contributed by atoms with Crippen molar-refractivity contribution in [2.45, 2.75) is 51.1 Å². The Balaban J connectivity index is 2.29. The maximum Gasteiger partial charge on any atom is 0.466 e. The summed E-state index contributed by atoms with van der Waals surface area (Å²) in [7, 11) is 0.871. The third kappa shape index (κ3) is 3.48. The molecular weight excluding hydrogens is 302 g/mol. The van der Waals surface area contributed by atoms with Crippen LogP contribution in [-0.4, -0.2) is 31.4 Å². The summed E-state index contributed by atoms with van der Waals surface area (Å²) in [5.41, 5.74) is 0.0463. The number of carbonyl (C=O) groups is 1. The lowest BCUT2D eigenvalue weighted by Gasteiger charge is -2.32. The Kier molecular flexibility index (Phi) is 4.90. The largest absolute Gasteiger partial charge is 0.469 e. The second kappa shape index (κ2) is 6.22. The quantitative estimate of drug-likeness (QED) is 0.627. The van der Waals surface area contributed by atoms with Crippen LogP contribution < -0.4 is 0 Å². The molecule has 1 aliphatic rings. The van der Waals surface area contributed by atoms with Crippen molar-refractivity contribution < 1.29 is 18.8 Å². The number of hydrogen-bond acceptors (Lipinski definition) is 4. The van der Waals surface area contributed by atoms with Gasteiger partial charge in [0.15, 0.2) is 0 Å². The molecule has 2 rings (SSSR count). The van der Waals surface area contributed by atoms with Crippen molar-refractivity contribution in [2.24, 2.45) is 0 Å². The molecule has 1 aliphatic heterocycles. The highest BCUT2D eigenvalue weighted by molar-refractivity contribution is 6.48. The van der Waals surface area contributed by atoms with Crippen molar-refractivity contribution in [2.75, 3.05) is 7.11 Å². The number of esters is 1. The molecule has 6 heteroatoms. The van der Waals surface area contributed by atoms with Gasteiger partial charge >= 0.3 is 13.1 Å². The van der Waals surface area contributed by atoms with Crippen molar-refractivity contribution in [1.82, 2.24) is 0 Å². The minimum Gasteiger partial charge on any atom is -0.469 e. The highest BCUT2D eigenvalue weighted by Gasteiger charge is 2.54. The Morgan fingerprint density at radius 1 is 1.18 bits per heavy atom. The van der Waals surface area contributed by atoms with Gasteiger partial charge in [-0.15, -0.1) is 0 Å². The summed E-state index contributed by atoms with van der Waals surface area (Å²) < 4.78 is 17.0. The molecule has 1 fully saturated rings. The smallest absolute Gasteiger partial charge is 0.466 e.